The minimum atomic E-state index is -0.179. The number of aryl methyl sites for hydroxylation is 1. The summed E-state index contributed by atoms with van der Waals surface area (Å²) in [4.78, 5) is 25.9. The molecule has 7 rings (SSSR count). The van der Waals surface area contributed by atoms with Crippen LogP contribution in [0.3, 0.4) is 0 Å². The molecule has 2 unspecified atom stereocenters. The predicted octanol–water partition coefficient (Wildman–Crippen LogP) is 2.26. The molecular weight excluding hydrogens is 424 g/mol. The number of rotatable bonds is 3. The number of nitrogens with two attached hydrogens (primary N) is 1. The van der Waals surface area contributed by atoms with Crippen LogP contribution in [-0.4, -0.2) is 53.7 Å². The first-order chi connectivity index (χ1) is 15.5. The Morgan fingerprint density at radius 2 is 2.28 bits per heavy atom. The first-order valence-electron chi connectivity index (χ1n) is 11.1. The Hall–Kier alpha value is -2.91. The van der Waals surface area contributed by atoms with E-state index in [2.05, 4.69) is 26.6 Å². The van der Waals surface area contributed by atoms with Crippen LogP contribution < -0.4 is 26.0 Å². The van der Waals surface area contributed by atoms with Crippen LogP contribution in [0.4, 0.5) is 11.5 Å². The number of amides is 1. The van der Waals surface area contributed by atoms with Crippen LogP contribution in [0.1, 0.15) is 33.8 Å². The first-order valence-corrected chi connectivity index (χ1v) is 11.9. The Morgan fingerprint density at radius 1 is 1.38 bits per heavy atom. The maximum Gasteiger partial charge on any atom is 0.263 e. The normalized spacial score (nSPS) is 24.3. The number of ether oxygens (including phenoxy) is 1. The fraction of sp³-hybridized carbons (Fsp3) is 0.435. The van der Waals surface area contributed by atoms with E-state index < -0.39 is 0 Å². The lowest BCUT2D eigenvalue weighted by Gasteiger charge is -2.46. The smallest absolute Gasteiger partial charge is 0.263 e. The molecule has 8 nitrogen and oxygen atoms in total. The van der Waals surface area contributed by atoms with Crippen LogP contribution in [0.15, 0.2) is 24.4 Å². The zero-order valence-electron chi connectivity index (χ0n) is 17.9. The molecule has 0 spiro atoms. The number of nitrogens with one attached hydrogen (secondary N) is 2. The van der Waals surface area contributed by atoms with Gasteiger partial charge in [0.05, 0.1) is 11.7 Å². The van der Waals surface area contributed by atoms with Gasteiger partial charge in [-0.15, -0.1) is 11.3 Å². The van der Waals surface area contributed by atoms with Crippen LogP contribution in [0.2, 0.25) is 0 Å². The number of hydrogen-bond acceptors (Lipinski definition) is 8. The second kappa shape index (κ2) is 7.60. The van der Waals surface area contributed by atoms with Gasteiger partial charge in [-0.1, -0.05) is 0 Å². The highest BCUT2D eigenvalue weighted by atomic mass is 32.1. The Kier molecular flexibility index (Phi) is 4.69. The maximum atomic E-state index is 12.9. The molecule has 3 fully saturated rings. The number of carbonyl (C=O) groups is 1. The molecule has 4 aliphatic rings. The molecule has 4 aliphatic heterocycles. The number of carbonyl (C=O) groups excluding carboxylic acids is 1. The Labute approximate surface area is 190 Å². The summed E-state index contributed by atoms with van der Waals surface area (Å²) in [7, 11) is 0. The molecule has 3 atom stereocenters. The molecule has 1 amide bonds. The van der Waals surface area contributed by atoms with Gasteiger partial charge in [-0.05, 0) is 31.9 Å². The van der Waals surface area contributed by atoms with E-state index in [0.717, 1.165) is 46.1 Å². The Bertz CT molecular complexity index is 1200. The number of piperazine rings is 1. The minimum Gasteiger partial charge on any atom is -0.491 e. The van der Waals surface area contributed by atoms with Crippen molar-refractivity contribution in [3.63, 3.8) is 0 Å². The van der Waals surface area contributed by atoms with Gasteiger partial charge in [0.1, 0.15) is 27.9 Å². The molecule has 0 radical (unpaired) electrons. The molecular formula is C23H26N6O2S. The fourth-order valence-electron chi connectivity index (χ4n) is 5.01. The van der Waals surface area contributed by atoms with Gasteiger partial charge in [0.25, 0.3) is 5.91 Å². The Morgan fingerprint density at radius 3 is 3.06 bits per heavy atom. The van der Waals surface area contributed by atoms with Gasteiger partial charge in [0.2, 0.25) is 0 Å². The monoisotopic (exact) mass is 450 g/mol. The first kappa shape index (κ1) is 19.8. The number of nitrogen functional groups attached to an aromatic ring is 1. The summed E-state index contributed by atoms with van der Waals surface area (Å²) in [6.07, 6.45) is 5.04. The van der Waals surface area contributed by atoms with Crippen LogP contribution in [-0.2, 0) is 6.42 Å². The van der Waals surface area contributed by atoms with Crippen LogP contribution in [0, 0.1) is 6.92 Å². The topological polar surface area (TPSA) is 105 Å². The summed E-state index contributed by atoms with van der Waals surface area (Å²) >= 11 is 1.33. The van der Waals surface area contributed by atoms with Gasteiger partial charge >= 0.3 is 0 Å². The summed E-state index contributed by atoms with van der Waals surface area (Å²) in [6.45, 7) is 4.38. The fourth-order valence-corrected chi connectivity index (χ4v) is 6.05. The molecule has 3 aromatic heterocycles. The van der Waals surface area contributed by atoms with Crippen LogP contribution >= 0.6 is 11.3 Å². The van der Waals surface area contributed by atoms with Gasteiger partial charge in [-0.2, -0.15) is 0 Å². The molecule has 0 aromatic carbocycles. The van der Waals surface area contributed by atoms with Crippen molar-refractivity contribution in [1.29, 1.82) is 0 Å². The number of aromatic nitrogens is 2. The van der Waals surface area contributed by atoms with Crippen molar-refractivity contribution in [3.05, 3.63) is 40.5 Å². The van der Waals surface area contributed by atoms with Crippen molar-refractivity contribution in [3.8, 4) is 5.75 Å². The second-order valence-corrected chi connectivity index (χ2v) is 9.97. The number of hydrogen-bond donors (Lipinski definition) is 3. The van der Waals surface area contributed by atoms with Gasteiger partial charge in [-0.3, -0.25) is 4.79 Å². The highest BCUT2D eigenvalue weighted by molar-refractivity contribution is 7.21. The van der Waals surface area contributed by atoms with Crippen molar-refractivity contribution in [2.24, 2.45) is 0 Å². The average molecular weight is 451 g/mol. The molecule has 9 heteroatoms. The maximum absolute atomic E-state index is 12.9. The molecule has 3 saturated heterocycles. The van der Waals surface area contributed by atoms with E-state index in [1.165, 1.54) is 24.2 Å². The average Bonchev–Trinajstić information content (AvgIpc) is 3.15. The number of nitrogens with zero attached hydrogens (tertiary/aromatic N) is 3. The van der Waals surface area contributed by atoms with E-state index in [4.69, 9.17) is 15.5 Å². The van der Waals surface area contributed by atoms with E-state index in [-0.39, 0.29) is 11.9 Å². The lowest BCUT2D eigenvalue weighted by atomic mass is 9.93. The number of thiophene rings is 1. The lowest BCUT2D eigenvalue weighted by molar-refractivity contribution is 0.0920. The number of pyridine rings is 2. The van der Waals surface area contributed by atoms with Gasteiger partial charge in [0.15, 0.2) is 0 Å². The summed E-state index contributed by atoms with van der Waals surface area (Å²) in [5.41, 5.74) is 8.66. The van der Waals surface area contributed by atoms with Crippen molar-refractivity contribution < 1.29 is 9.53 Å². The molecule has 166 valence electrons. The third-order valence-corrected chi connectivity index (χ3v) is 7.87. The van der Waals surface area contributed by atoms with Gasteiger partial charge in [0, 0.05) is 60.5 Å². The standard InChI is InChI=1S/C23H26N6O2S/c1-12-2-5-17-20(24)21(32-23(17)27-12)22(30)28-15-6-13-8-26-19(7-18(13)31-11-15)29-10-14-3-4-16(29)9-25-14/h2,5,7-8,14-16,25H,3-4,6,9-11,24H2,1H3,(H,28,30)/t14?,15-,16?/m1/s1. The third-order valence-electron chi connectivity index (χ3n) is 6.75. The molecule has 3 aromatic rings. The number of piperidine rings is 2. The minimum absolute atomic E-state index is 0.128. The van der Waals surface area contributed by atoms with Gasteiger partial charge < -0.3 is 26.0 Å². The second-order valence-electron chi connectivity index (χ2n) is 8.97. The summed E-state index contributed by atoms with van der Waals surface area (Å²) in [5.74, 6) is 1.68. The summed E-state index contributed by atoms with van der Waals surface area (Å²) in [6, 6.07) is 6.83. The molecule has 32 heavy (non-hydrogen) atoms. The van der Waals surface area contributed by atoms with E-state index in [1.807, 2.05) is 25.3 Å². The Balaban J connectivity index is 1.17. The molecule has 2 bridgehead atoms. The summed E-state index contributed by atoms with van der Waals surface area (Å²) in [5, 5.41) is 7.49. The number of anilines is 2. The summed E-state index contributed by atoms with van der Waals surface area (Å²) < 4.78 is 6.05. The van der Waals surface area contributed by atoms with Crippen molar-refractivity contribution in [2.45, 2.75) is 44.3 Å². The van der Waals surface area contributed by atoms with Crippen LogP contribution in [0.5, 0.6) is 5.75 Å². The molecule has 0 aliphatic carbocycles. The predicted molar refractivity (Wildman–Crippen MR) is 126 cm³/mol. The van der Waals surface area contributed by atoms with E-state index in [9.17, 15) is 4.79 Å². The van der Waals surface area contributed by atoms with Crippen molar-refractivity contribution >= 4 is 39.0 Å². The van der Waals surface area contributed by atoms with Gasteiger partial charge in [-0.25, -0.2) is 9.97 Å². The largest absolute Gasteiger partial charge is 0.491 e. The van der Waals surface area contributed by atoms with E-state index in [0.29, 0.717) is 35.7 Å². The molecule has 4 N–H and O–H groups in total. The zero-order valence-corrected chi connectivity index (χ0v) is 18.7. The van der Waals surface area contributed by atoms with E-state index in [1.54, 1.807) is 0 Å². The molecule has 0 saturated carbocycles. The highest BCUT2D eigenvalue weighted by Gasteiger charge is 2.35. The lowest BCUT2D eigenvalue weighted by Crippen LogP contribution is -2.61. The molecule has 7 heterocycles. The third kappa shape index (κ3) is 3.36. The SMILES string of the molecule is Cc1ccc2c(N)c(C(=O)N[C@H]3COc4cc(N5CC6CCC5CN6)ncc4C3)sc2n1. The zero-order chi connectivity index (χ0) is 21.8. The number of fused-ring (bicyclic) bond motifs is 5. The van der Waals surface area contributed by atoms with Crippen LogP contribution in [0.25, 0.3) is 10.2 Å². The quantitative estimate of drug-likeness (QED) is 0.562. The van der Waals surface area contributed by atoms with Crippen molar-refractivity contribution in [1.82, 2.24) is 20.6 Å². The van der Waals surface area contributed by atoms with E-state index >= 15 is 0 Å². The van der Waals surface area contributed by atoms with Crippen molar-refractivity contribution in [2.75, 3.05) is 30.3 Å². The highest BCUT2D eigenvalue weighted by Crippen LogP contribution is 2.34.